The van der Waals surface area contributed by atoms with Crippen LogP contribution in [0.15, 0.2) is 36.8 Å². The first-order valence-corrected chi connectivity index (χ1v) is 11.1. The number of fused-ring (bicyclic) bond motifs is 2. The van der Waals surface area contributed by atoms with Gasteiger partial charge < -0.3 is 25.0 Å². The number of hydrogen-bond acceptors (Lipinski definition) is 7. The van der Waals surface area contributed by atoms with Crippen LogP contribution in [0, 0.1) is 5.92 Å². The van der Waals surface area contributed by atoms with E-state index >= 15 is 0 Å². The lowest BCUT2D eigenvalue weighted by Gasteiger charge is -2.20. The maximum Gasteiger partial charge on any atom is 0.256 e. The van der Waals surface area contributed by atoms with Crippen LogP contribution in [0.1, 0.15) is 29.7 Å². The number of aliphatic hydroxyl groups is 1. The van der Waals surface area contributed by atoms with Crippen molar-refractivity contribution >= 4 is 17.4 Å². The molecule has 6 rings (SSSR count). The van der Waals surface area contributed by atoms with E-state index in [0.29, 0.717) is 41.9 Å². The van der Waals surface area contributed by atoms with Crippen molar-refractivity contribution < 1.29 is 14.6 Å². The third-order valence-corrected chi connectivity index (χ3v) is 6.65. The molecule has 0 bridgehead atoms. The molecular weight excluding hydrogens is 422 g/mol. The van der Waals surface area contributed by atoms with E-state index in [2.05, 4.69) is 27.6 Å². The van der Waals surface area contributed by atoms with E-state index in [-0.39, 0.29) is 18.0 Å². The summed E-state index contributed by atoms with van der Waals surface area (Å²) in [5.74, 6) is 1.81. The minimum atomic E-state index is -0.576. The van der Waals surface area contributed by atoms with Crippen molar-refractivity contribution in [3.05, 3.63) is 42.4 Å². The molecule has 10 heteroatoms. The Balaban J connectivity index is 1.43. The predicted molar refractivity (Wildman–Crippen MR) is 121 cm³/mol. The number of aromatic nitrogens is 5. The smallest absolute Gasteiger partial charge is 0.256 e. The highest BCUT2D eigenvalue weighted by atomic mass is 16.5. The number of carbonyl (C=O) groups excluding carboxylic acids is 1. The molecule has 1 saturated carbocycles. The fourth-order valence-corrected chi connectivity index (χ4v) is 4.54. The van der Waals surface area contributed by atoms with Gasteiger partial charge in [-0.25, -0.2) is 9.97 Å². The first-order valence-electron chi connectivity index (χ1n) is 11.1. The van der Waals surface area contributed by atoms with Gasteiger partial charge in [-0.1, -0.05) is 6.92 Å². The molecule has 0 radical (unpaired) electrons. The molecule has 5 heterocycles. The lowest BCUT2D eigenvalue weighted by Crippen LogP contribution is -2.26. The van der Waals surface area contributed by atoms with Crippen LogP contribution in [0.2, 0.25) is 0 Å². The maximum absolute atomic E-state index is 12.9. The van der Waals surface area contributed by atoms with Gasteiger partial charge in [-0.3, -0.25) is 4.79 Å². The zero-order valence-corrected chi connectivity index (χ0v) is 18.4. The van der Waals surface area contributed by atoms with Crippen LogP contribution < -0.4 is 10.6 Å². The number of aliphatic hydroxyl groups excluding tert-OH is 1. The fraction of sp³-hybridized carbons (Fsp3) is 0.391. The van der Waals surface area contributed by atoms with Crippen molar-refractivity contribution in [1.82, 2.24) is 29.5 Å². The molecule has 1 saturated heterocycles. The van der Waals surface area contributed by atoms with Gasteiger partial charge in [0.2, 0.25) is 0 Å². The molecule has 3 N–H and O–H groups in total. The Morgan fingerprint density at radius 3 is 2.85 bits per heavy atom. The van der Waals surface area contributed by atoms with E-state index in [4.69, 9.17) is 9.72 Å². The predicted octanol–water partition coefficient (Wildman–Crippen LogP) is 1.81. The lowest BCUT2D eigenvalue weighted by atomic mass is 10.1. The summed E-state index contributed by atoms with van der Waals surface area (Å²) in [5.41, 5.74) is 3.37. The van der Waals surface area contributed by atoms with Crippen molar-refractivity contribution in [2.75, 3.05) is 25.6 Å². The molecule has 3 aliphatic heterocycles. The van der Waals surface area contributed by atoms with Crippen LogP contribution in [-0.4, -0.2) is 67.6 Å². The summed E-state index contributed by atoms with van der Waals surface area (Å²) in [4.78, 5) is 22.3. The molecule has 2 aromatic rings. The van der Waals surface area contributed by atoms with E-state index in [1.807, 2.05) is 36.0 Å². The van der Waals surface area contributed by atoms with Crippen molar-refractivity contribution in [3.63, 3.8) is 0 Å². The quantitative estimate of drug-likeness (QED) is 0.427. The molecule has 4 aliphatic rings. The number of ether oxygens (including phenoxy) is 1. The molecule has 4 atom stereocenters. The molecule has 0 unspecified atom stereocenters. The molecule has 0 aromatic carbocycles. The number of nitrogens with one attached hydrogen (secondary N) is 2. The molecular formula is C23H25N7O3. The first kappa shape index (κ1) is 20.1. The van der Waals surface area contributed by atoms with Crippen LogP contribution in [0.25, 0.3) is 28.3 Å². The molecule has 170 valence electrons. The summed E-state index contributed by atoms with van der Waals surface area (Å²) in [5, 5.41) is 20.9. The first-order chi connectivity index (χ1) is 16.0. The lowest BCUT2D eigenvalue weighted by molar-refractivity contribution is 0.0950. The van der Waals surface area contributed by atoms with Gasteiger partial charge in [-0.05, 0) is 24.5 Å². The van der Waals surface area contributed by atoms with Crippen LogP contribution in [-0.2, 0) is 4.74 Å². The topological polar surface area (TPSA) is 119 Å². The molecule has 2 aromatic heterocycles. The van der Waals surface area contributed by atoms with Crippen molar-refractivity contribution in [3.8, 4) is 22.6 Å². The summed E-state index contributed by atoms with van der Waals surface area (Å²) < 4.78 is 9.04. The van der Waals surface area contributed by atoms with Crippen molar-refractivity contribution in [2.24, 2.45) is 5.92 Å². The number of nitrogens with zero attached hydrogens (tertiary/aromatic N) is 5. The summed E-state index contributed by atoms with van der Waals surface area (Å²) in [6.07, 6.45) is 5.68. The number of rotatable bonds is 5. The second kappa shape index (κ2) is 7.53. The average Bonchev–Trinajstić information content (AvgIpc) is 3.24. The van der Waals surface area contributed by atoms with Gasteiger partial charge in [0.05, 0.1) is 31.1 Å². The van der Waals surface area contributed by atoms with Gasteiger partial charge in [0, 0.05) is 42.7 Å². The molecule has 2 fully saturated rings. The van der Waals surface area contributed by atoms with E-state index in [1.54, 1.807) is 16.9 Å². The number of carbonyl (C=O) groups is 1. The summed E-state index contributed by atoms with van der Waals surface area (Å²) in [7, 11) is 1.81. The Bertz CT molecular complexity index is 1330. The summed E-state index contributed by atoms with van der Waals surface area (Å²) >= 11 is 0. The SMILES string of the molecule is CNc1cc(-c2cnc3n([C@@H]4COC[C@H]4O)cccc2-3)nc2c(C(=O)N[C@@H]3C[C@@H]3C)cnn12. The third-order valence-electron chi connectivity index (χ3n) is 6.65. The molecule has 0 spiro atoms. The minimum absolute atomic E-state index is 0.162. The van der Waals surface area contributed by atoms with Crippen LogP contribution in [0.4, 0.5) is 5.82 Å². The van der Waals surface area contributed by atoms with E-state index in [9.17, 15) is 9.90 Å². The number of anilines is 1. The van der Waals surface area contributed by atoms with Crippen LogP contribution in [0.3, 0.4) is 0 Å². The van der Waals surface area contributed by atoms with E-state index in [0.717, 1.165) is 23.4 Å². The highest BCUT2D eigenvalue weighted by Crippen LogP contribution is 2.36. The van der Waals surface area contributed by atoms with Crippen molar-refractivity contribution in [2.45, 2.75) is 31.5 Å². The molecule has 1 aliphatic carbocycles. The molecule has 33 heavy (non-hydrogen) atoms. The van der Waals surface area contributed by atoms with Crippen LogP contribution in [0.5, 0.6) is 0 Å². The Kier molecular flexibility index (Phi) is 4.59. The Morgan fingerprint density at radius 2 is 2.12 bits per heavy atom. The molecule has 10 nitrogen and oxygen atoms in total. The Labute approximate surface area is 189 Å². The standard InChI is InChI=1S/C23H25N7O3/c1-12-6-16(12)28-23(32)15-9-26-30-20(24-2)7-17(27-22(15)30)14-8-25-21-13(14)4-3-5-29(21)18-10-33-11-19(18)31/h3-5,7-9,12,16,18-19,24,31H,6,10-11H2,1-2H3,(H,28,32)/t12-,16+,18+,19+/m0/s1. The zero-order valence-electron chi connectivity index (χ0n) is 18.4. The fourth-order valence-electron chi connectivity index (χ4n) is 4.54. The van der Waals surface area contributed by atoms with Gasteiger partial charge in [-0.15, -0.1) is 0 Å². The van der Waals surface area contributed by atoms with Crippen LogP contribution >= 0.6 is 0 Å². The molecule has 1 amide bonds. The van der Waals surface area contributed by atoms with Gasteiger partial charge in [-0.2, -0.15) is 9.61 Å². The Morgan fingerprint density at radius 1 is 1.27 bits per heavy atom. The number of pyridine rings is 1. The van der Waals surface area contributed by atoms with Gasteiger partial charge in [0.15, 0.2) is 5.65 Å². The maximum atomic E-state index is 12.9. The monoisotopic (exact) mass is 447 g/mol. The largest absolute Gasteiger partial charge is 0.388 e. The average molecular weight is 447 g/mol. The Hall–Kier alpha value is -3.50. The third kappa shape index (κ3) is 3.25. The van der Waals surface area contributed by atoms with Gasteiger partial charge in [0.25, 0.3) is 5.91 Å². The number of amides is 1. The van der Waals surface area contributed by atoms with E-state index < -0.39 is 6.10 Å². The highest BCUT2D eigenvalue weighted by Gasteiger charge is 2.35. The minimum Gasteiger partial charge on any atom is -0.388 e. The second-order valence-corrected chi connectivity index (χ2v) is 8.86. The second-order valence-electron chi connectivity index (χ2n) is 8.86. The normalized spacial score (nSPS) is 24.5. The zero-order chi connectivity index (χ0) is 22.7. The van der Waals surface area contributed by atoms with Gasteiger partial charge in [0.1, 0.15) is 23.3 Å². The highest BCUT2D eigenvalue weighted by molar-refractivity contribution is 6.00. The van der Waals surface area contributed by atoms with Gasteiger partial charge >= 0.3 is 0 Å². The van der Waals surface area contributed by atoms with E-state index in [1.165, 1.54) is 0 Å². The summed E-state index contributed by atoms with van der Waals surface area (Å²) in [6, 6.07) is 5.85. The van der Waals surface area contributed by atoms with Crippen molar-refractivity contribution in [1.29, 1.82) is 0 Å². The number of hydrogen-bond donors (Lipinski definition) is 3. The summed E-state index contributed by atoms with van der Waals surface area (Å²) in [6.45, 7) is 2.87.